The standard InChI is InChI=1S/C8H12O6/c1-7(2)13-4-5(10)12-6(11)8(4,3-9)14-7/h4-5,9-10H,3H2,1-2H3/t4-,5?,8-/m0/s1. The molecule has 2 saturated heterocycles. The molecular formula is C8H12O6. The van der Waals surface area contributed by atoms with Crippen molar-refractivity contribution >= 4 is 5.97 Å². The Kier molecular flexibility index (Phi) is 1.87. The van der Waals surface area contributed by atoms with Crippen LogP contribution >= 0.6 is 0 Å². The summed E-state index contributed by atoms with van der Waals surface area (Å²) in [6, 6.07) is 0. The van der Waals surface area contributed by atoms with E-state index >= 15 is 0 Å². The van der Waals surface area contributed by atoms with E-state index in [0.717, 1.165) is 0 Å². The molecule has 6 nitrogen and oxygen atoms in total. The monoisotopic (exact) mass is 204 g/mol. The smallest absolute Gasteiger partial charge is 0.346 e. The molecule has 0 saturated carbocycles. The van der Waals surface area contributed by atoms with E-state index in [4.69, 9.17) is 14.6 Å². The van der Waals surface area contributed by atoms with Gasteiger partial charge in [-0.3, -0.25) is 0 Å². The molecule has 6 heteroatoms. The predicted molar refractivity (Wildman–Crippen MR) is 42.0 cm³/mol. The number of fused-ring (bicyclic) bond motifs is 1. The van der Waals surface area contributed by atoms with Crippen molar-refractivity contribution in [2.75, 3.05) is 6.61 Å². The first-order valence-electron chi connectivity index (χ1n) is 4.29. The molecule has 0 amide bonds. The van der Waals surface area contributed by atoms with E-state index in [1.54, 1.807) is 13.8 Å². The Hall–Kier alpha value is -0.690. The van der Waals surface area contributed by atoms with E-state index in [0.29, 0.717) is 0 Å². The molecule has 0 aromatic rings. The van der Waals surface area contributed by atoms with Gasteiger partial charge in [0.1, 0.15) is 0 Å². The minimum Gasteiger partial charge on any atom is -0.431 e. The molecule has 0 spiro atoms. The molecule has 1 unspecified atom stereocenters. The van der Waals surface area contributed by atoms with E-state index in [1.165, 1.54) is 0 Å². The van der Waals surface area contributed by atoms with E-state index in [-0.39, 0.29) is 0 Å². The van der Waals surface area contributed by atoms with Gasteiger partial charge >= 0.3 is 5.97 Å². The molecular weight excluding hydrogens is 192 g/mol. The average Bonchev–Trinajstić information content (AvgIpc) is 2.47. The Balaban J connectivity index is 2.36. The minimum absolute atomic E-state index is 0.572. The van der Waals surface area contributed by atoms with Gasteiger partial charge in [0.25, 0.3) is 0 Å². The summed E-state index contributed by atoms with van der Waals surface area (Å²) in [5, 5.41) is 18.5. The fourth-order valence-corrected chi connectivity index (χ4v) is 1.83. The summed E-state index contributed by atoms with van der Waals surface area (Å²) >= 11 is 0. The van der Waals surface area contributed by atoms with Crippen LogP contribution < -0.4 is 0 Å². The van der Waals surface area contributed by atoms with Crippen LogP contribution in [0, 0.1) is 0 Å². The number of ether oxygens (including phenoxy) is 3. The maximum Gasteiger partial charge on any atom is 0.346 e. The lowest BCUT2D eigenvalue weighted by molar-refractivity contribution is -0.217. The molecule has 2 rings (SSSR count). The van der Waals surface area contributed by atoms with E-state index in [2.05, 4.69) is 4.74 Å². The van der Waals surface area contributed by atoms with Crippen molar-refractivity contribution in [1.82, 2.24) is 0 Å². The van der Waals surface area contributed by atoms with Crippen LogP contribution in [-0.4, -0.2) is 46.6 Å². The number of esters is 1. The number of aliphatic hydroxyl groups excluding tert-OH is 2. The van der Waals surface area contributed by atoms with Gasteiger partial charge in [-0.25, -0.2) is 4.79 Å². The molecule has 0 aliphatic carbocycles. The number of hydrogen-bond acceptors (Lipinski definition) is 6. The Morgan fingerprint density at radius 3 is 2.64 bits per heavy atom. The van der Waals surface area contributed by atoms with E-state index in [1.807, 2.05) is 0 Å². The van der Waals surface area contributed by atoms with Crippen molar-refractivity contribution in [3.8, 4) is 0 Å². The molecule has 2 N–H and O–H groups in total. The number of aliphatic hydroxyl groups is 2. The molecule has 0 bridgehead atoms. The first-order chi connectivity index (χ1) is 6.41. The molecule has 2 heterocycles. The highest BCUT2D eigenvalue weighted by molar-refractivity contribution is 5.83. The van der Waals surface area contributed by atoms with Gasteiger partial charge in [-0.05, 0) is 13.8 Å². The van der Waals surface area contributed by atoms with Crippen molar-refractivity contribution in [2.45, 2.75) is 37.6 Å². The fourth-order valence-electron chi connectivity index (χ4n) is 1.83. The number of rotatable bonds is 1. The number of carbonyl (C=O) groups is 1. The Bertz CT molecular complexity index is 275. The Labute approximate surface area is 80.4 Å². The van der Waals surface area contributed by atoms with Crippen LogP contribution in [0.15, 0.2) is 0 Å². The van der Waals surface area contributed by atoms with Crippen molar-refractivity contribution in [3.05, 3.63) is 0 Å². The summed E-state index contributed by atoms with van der Waals surface area (Å²) in [6.45, 7) is 2.63. The van der Waals surface area contributed by atoms with E-state index < -0.39 is 36.4 Å². The van der Waals surface area contributed by atoms with Gasteiger partial charge in [0, 0.05) is 0 Å². The number of cyclic esters (lactones) is 1. The highest BCUT2D eigenvalue weighted by Gasteiger charge is 2.67. The number of carbonyl (C=O) groups excluding carboxylic acids is 1. The molecule has 0 radical (unpaired) electrons. The molecule has 0 aromatic heterocycles. The van der Waals surface area contributed by atoms with Gasteiger partial charge in [0.15, 0.2) is 11.9 Å². The third-order valence-corrected chi connectivity index (χ3v) is 2.37. The lowest BCUT2D eigenvalue weighted by atomic mass is 10.0. The molecule has 2 aliphatic heterocycles. The Morgan fingerprint density at radius 1 is 1.50 bits per heavy atom. The van der Waals surface area contributed by atoms with Crippen LogP contribution in [0.4, 0.5) is 0 Å². The molecule has 80 valence electrons. The van der Waals surface area contributed by atoms with Gasteiger partial charge in [-0.2, -0.15) is 0 Å². The average molecular weight is 204 g/mol. The molecule has 2 aliphatic rings. The van der Waals surface area contributed by atoms with Gasteiger partial charge in [0.2, 0.25) is 11.9 Å². The first kappa shape index (κ1) is 9.85. The van der Waals surface area contributed by atoms with Gasteiger partial charge in [-0.1, -0.05) is 0 Å². The normalized spacial score (nSPS) is 45.0. The maximum atomic E-state index is 11.4. The predicted octanol–water partition coefficient (Wildman–Crippen LogP) is -1.26. The summed E-state index contributed by atoms with van der Waals surface area (Å²) < 4.78 is 15.1. The maximum absolute atomic E-state index is 11.4. The summed E-state index contributed by atoms with van der Waals surface area (Å²) in [6.07, 6.45) is -2.34. The zero-order valence-electron chi connectivity index (χ0n) is 7.89. The van der Waals surface area contributed by atoms with Crippen LogP contribution in [-0.2, 0) is 19.0 Å². The van der Waals surface area contributed by atoms with Crippen LogP contribution in [0.3, 0.4) is 0 Å². The van der Waals surface area contributed by atoms with Crippen LogP contribution in [0.25, 0.3) is 0 Å². The lowest BCUT2D eigenvalue weighted by Crippen LogP contribution is -2.47. The lowest BCUT2D eigenvalue weighted by Gasteiger charge is -2.22. The highest BCUT2D eigenvalue weighted by Crippen LogP contribution is 2.42. The zero-order chi connectivity index (χ0) is 10.6. The van der Waals surface area contributed by atoms with Crippen LogP contribution in [0.5, 0.6) is 0 Å². The van der Waals surface area contributed by atoms with Crippen LogP contribution in [0.2, 0.25) is 0 Å². The second-order valence-corrected chi connectivity index (χ2v) is 3.88. The van der Waals surface area contributed by atoms with Crippen molar-refractivity contribution in [1.29, 1.82) is 0 Å². The molecule has 2 fully saturated rings. The quantitative estimate of drug-likeness (QED) is 0.519. The molecule has 14 heavy (non-hydrogen) atoms. The van der Waals surface area contributed by atoms with Crippen molar-refractivity contribution < 1.29 is 29.2 Å². The third kappa shape index (κ3) is 1.08. The highest BCUT2D eigenvalue weighted by atomic mass is 16.8. The second kappa shape index (κ2) is 2.66. The summed E-state index contributed by atoms with van der Waals surface area (Å²) in [5.74, 6) is -1.79. The SMILES string of the molecule is CC1(C)O[C@H]2C(O)OC(=O)[C@@]2(CO)O1. The van der Waals surface area contributed by atoms with E-state index in [9.17, 15) is 9.90 Å². The van der Waals surface area contributed by atoms with Gasteiger partial charge in [0.05, 0.1) is 6.61 Å². The largest absolute Gasteiger partial charge is 0.431 e. The topological polar surface area (TPSA) is 85.2 Å². The third-order valence-electron chi connectivity index (χ3n) is 2.37. The second-order valence-electron chi connectivity index (χ2n) is 3.88. The molecule has 3 atom stereocenters. The van der Waals surface area contributed by atoms with Crippen molar-refractivity contribution in [2.24, 2.45) is 0 Å². The zero-order valence-corrected chi connectivity index (χ0v) is 7.89. The minimum atomic E-state index is -1.57. The summed E-state index contributed by atoms with van der Waals surface area (Å²) in [4.78, 5) is 11.4. The Morgan fingerprint density at radius 2 is 2.14 bits per heavy atom. The van der Waals surface area contributed by atoms with Gasteiger partial charge in [-0.15, -0.1) is 0 Å². The van der Waals surface area contributed by atoms with Crippen molar-refractivity contribution in [3.63, 3.8) is 0 Å². The first-order valence-corrected chi connectivity index (χ1v) is 4.29. The van der Waals surface area contributed by atoms with Crippen LogP contribution in [0.1, 0.15) is 13.8 Å². The molecule has 0 aromatic carbocycles. The number of hydrogen-bond donors (Lipinski definition) is 2. The van der Waals surface area contributed by atoms with Gasteiger partial charge < -0.3 is 24.4 Å². The summed E-state index contributed by atoms with van der Waals surface area (Å²) in [5.41, 5.74) is -1.57. The summed E-state index contributed by atoms with van der Waals surface area (Å²) in [7, 11) is 0. The fraction of sp³-hybridized carbons (Fsp3) is 0.875.